The molecule has 12 N–H and O–H groups in total. The van der Waals surface area contributed by atoms with E-state index in [0.29, 0.717) is 24.1 Å². The molecule has 1 unspecified atom stereocenters. The Bertz CT molecular complexity index is 3780. The molecule has 5 aromatic carbocycles. The standard InChI is InChI=1S/C40H36Br2Cl2N12O20S6/c41-17-22(42)37(59)47-20-5-8-29(81(65,66)67)25(16-20)49-40-51-38(44)50-39(52-40)48-21-4-7-27(78-75-72-61)24(15-21)54-56-35-30(82(68,69)70)13-18-12-28(79-76-73-62)34(33(45)32(18)36(35)58)55-53-23-14-19(3-6-26(23)77-74-71-60)46-31(57)2-1-10-80(63,64)11-9-43/h3-8,12-16,22,58,60-62H,1-2,9-11,17,45H2,(H,46,57)(H,47,59)(H,65,66,67)(H,68,69,70)(H2,48,49,50,51,52)/b55-53+,56-54+. The minimum absolute atomic E-state index is 0.0240. The van der Waals surface area contributed by atoms with Crippen LogP contribution in [0.25, 0.3) is 10.8 Å². The maximum Gasteiger partial charge on any atom is 0.296 e. The third-order valence-corrected chi connectivity index (χ3v) is 18.4. The van der Waals surface area contributed by atoms with Crippen LogP contribution in [0.4, 0.5) is 63.1 Å². The molecule has 6 aromatic rings. The first-order chi connectivity index (χ1) is 38.9. The number of anilines is 7. The lowest BCUT2D eigenvalue weighted by atomic mass is 10.1. The number of alkyl halides is 3. The smallest absolute Gasteiger partial charge is 0.296 e. The molecule has 0 aliphatic heterocycles. The van der Waals surface area contributed by atoms with Crippen molar-refractivity contribution in [2.24, 2.45) is 20.5 Å². The molecule has 0 saturated heterocycles. The van der Waals surface area contributed by atoms with Crippen molar-refractivity contribution in [2.45, 2.75) is 42.1 Å². The SMILES string of the molecule is Nc1c(/N=N/c2cc(NC(=O)CCCS(=O)(=O)CCCl)ccc2SOOO)c(SOOO)cc2cc(S(=O)(=O)O)c(/N=N/c3cc(Nc4nc(Cl)nc(Nc5cc(NC(=O)C(Br)CBr)ccc5S(=O)(=O)O)n4)ccc3SOOO)c(O)c12. The lowest BCUT2D eigenvalue weighted by Crippen LogP contribution is -2.23. The molecule has 0 saturated carbocycles. The summed E-state index contributed by atoms with van der Waals surface area (Å²) in [6.07, 6.45) is -0.230. The summed E-state index contributed by atoms with van der Waals surface area (Å²) in [4.78, 5) is 35.0. The second kappa shape index (κ2) is 30.0. The fourth-order valence-corrected chi connectivity index (χ4v) is 11.6. The number of nitrogen functional groups attached to an aromatic ring is 1. The Morgan fingerprint density at radius 3 is 1.83 bits per heavy atom. The monoisotopic (exact) mass is 1420 g/mol. The number of amides is 2. The minimum atomic E-state index is -5.33. The summed E-state index contributed by atoms with van der Waals surface area (Å²) < 4.78 is 109. The minimum Gasteiger partial charge on any atom is -0.505 e. The van der Waals surface area contributed by atoms with Crippen molar-refractivity contribution < 1.29 is 92.9 Å². The van der Waals surface area contributed by atoms with Gasteiger partial charge in [0.15, 0.2) is 15.6 Å². The van der Waals surface area contributed by atoms with E-state index in [1.54, 1.807) is 0 Å². The maximum atomic E-state index is 13.0. The first-order valence-corrected chi connectivity index (χ1v) is 31.6. The number of hydrogen-bond acceptors (Lipinski definition) is 31. The zero-order valence-electron chi connectivity index (χ0n) is 40.2. The number of nitrogens with two attached hydrogens (primary N) is 1. The number of hydrogen-bond donors (Lipinski definition) is 11. The van der Waals surface area contributed by atoms with E-state index < -0.39 is 90.2 Å². The molecule has 0 radical (unpaired) electrons. The second-order valence-corrected chi connectivity index (χ2v) is 25.3. The van der Waals surface area contributed by atoms with Crippen molar-refractivity contribution in [1.82, 2.24) is 15.0 Å². The highest BCUT2D eigenvalue weighted by Crippen LogP contribution is 2.50. The number of aromatic hydroxyl groups is 1. The van der Waals surface area contributed by atoms with Crippen LogP contribution in [0.15, 0.2) is 112 Å². The first-order valence-electron chi connectivity index (χ1n) is 21.7. The number of azo groups is 2. The van der Waals surface area contributed by atoms with Crippen molar-refractivity contribution in [3.63, 3.8) is 0 Å². The Kier molecular flexibility index (Phi) is 24.1. The van der Waals surface area contributed by atoms with Crippen molar-refractivity contribution >= 4 is 207 Å². The lowest BCUT2D eigenvalue weighted by molar-refractivity contribution is -0.432. The van der Waals surface area contributed by atoms with Crippen LogP contribution in [0, 0.1) is 0 Å². The number of sulfone groups is 1. The number of carbonyl (C=O) groups excluding carboxylic acids is 2. The summed E-state index contributed by atoms with van der Waals surface area (Å²) in [5.41, 5.74) is 4.34. The number of nitrogens with zero attached hydrogens (tertiary/aromatic N) is 7. The third-order valence-electron chi connectivity index (χ3n) is 10.1. The summed E-state index contributed by atoms with van der Waals surface area (Å²) in [5, 5.41) is 75.9. The molecule has 1 atom stereocenters. The van der Waals surface area contributed by atoms with Gasteiger partial charge in [0, 0.05) is 34.7 Å². The van der Waals surface area contributed by atoms with E-state index in [1.807, 2.05) is 0 Å². The van der Waals surface area contributed by atoms with Crippen LogP contribution in [0.3, 0.4) is 0 Å². The first kappa shape index (κ1) is 65.9. The molecular formula is C40H36Br2Cl2N12O20S6. The number of rotatable bonds is 29. The number of benzene rings is 5. The van der Waals surface area contributed by atoms with Gasteiger partial charge in [0.25, 0.3) is 20.2 Å². The van der Waals surface area contributed by atoms with E-state index in [4.69, 9.17) is 44.7 Å². The molecule has 0 spiro atoms. The van der Waals surface area contributed by atoms with Crippen LogP contribution < -0.4 is 27.0 Å². The highest BCUT2D eigenvalue weighted by molar-refractivity contribution is 9.12. The molecule has 0 bridgehead atoms. The topological polar surface area (TPSA) is 476 Å². The highest BCUT2D eigenvalue weighted by Gasteiger charge is 2.27. The van der Waals surface area contributed by atoms with Gasteiger partial charge in [0.2, 0.25) is 29.0 Å². The van der Waals surface area contributed by atoms with Crippen molar-refractivity contribution in [1.29, 1.82) is 0 Å². The molecular weight excluding hydrogens is 1390 g/mol. The average Bonchev–Trinajstić information content (AvgIpc) is 3.59. The fraction of sp³-hybridized carbons (Fsp3) is 0.175. The molecule has 2 amide bonds. The molecule has 0 aliphatic carbocycles. The second-order valence-electron chi connectivity index (χ2n) is 15.5. The quantitative estimate of drug-likeness (QED) is 0.00395. The highest BCUT2D eigenvalue weighted by atomic mass is 79.9. The number of fused-ring (bicyclic) bond motifs is 1. The van der Waals surface area contributed by atoms with Crippen molar-refractivity contribution in [3.8, 4) is 5.75 Å². The Balaban J connectivity index is 1.39. The van der Waals surface area contributed by atoms with E-state index in [9.17, 15) is 49.1 Å². The van der Waals surface area contributed by atoms with Crippen molar-refractivity contribution in [3.05, 3.63) is 72.0 Å². The normalized spacial score (nSPS) is 12.5. The van der Waals surface area contributed by atoms with Gasteiger partial charge in [-0.05, 0) is 90.1 Å². The fourth-order valence-electron chi connectivity index (χ4n) is 6.65. The molecule has 0 aliphatic rings. The van der Waals surface area contributed by atoms with E-state index in [1.165, 1.54) is 42.5 Å². The van der Waals surface area contributed by atoms with Gasteiger partial charge in [-0.25, -0.2) is 24.2 Å². The summed E-state index contributed by atoms with van der Waals surface area (Å²) in [7, 11) is -13.7. The van der Waals surface area contributed by atoms with Crippen LogP contribution >= 0.6 is 91.2 Å². The van der Waals surface area contributed by atoms with Gasteiger partial charge < -0.3 is 32.1 Å². The van der Waals surface area contributed by atoms with Crippen LogP contribution in [0.2, 0.25) is 5.28 Å². The number of carbonyl (C=O) groups is 2. The summed E-state index contributed by atoms with van der Waals surface area (Å²) >= 11 is 19.1. The van der Waals surface area contributed by atoms with E-state index in [2.05, 4.69) is 117 Å². The predicted octanol–water partition coefficient (Wildman–Crippen LogP) is 10.5. The molecule has 32 nitrogen and oxygen atoms in total. The lowest BCUT2D eigenvalue weighted by Gasteiger charge is -2.14. The number of aromatic nitrogens is 3. The van der Waals surface area contributed by atoms with Gasteiger partial charge in [0.05, 0.1) is 79.1 Å². The molecule has 0 fully saturated rings. The Morgan fingerprint density at radius 1 is 0.695 bits per heavy atom. The molecule has 42 heteroatoms. The van der Waals surface area contributed by atoms with Gasteiger partial charge in [-0.2, -0.15) is 31.8 Å². The largest absolute Gasteiger partial charge is 0.505 e. The van der Waals surface area contributed by atoms with Crippen LogP contribution in [0.1, 0.15) is 12.8 Å². The average molecular weight is 1430 g/mol. The third kappa shape index (κ3) is 18.4. The Labute approximate surface area is 501 Å². The molecule has 82 heavy (non-hydrogen) atoms. The number of phenolic OH excluding ortho intramolecular Hbond substituents is 1. The van der Waals surface area contributed by atoms with Gasteiger partial charge in [-0.15, -0.1) is 45.1 Å². The van der Waals surface area contributed by atoms with E-state index >= 15 is 0 Å². The van der Waals surface area contributed by atoms with Gasteiger partial charge in [-0.1, -0.05) is 47.0 Å². The molecule has 1 aromatic heterocycles. The summed E-state index contributed by atoms with van der Waals surface area (Å²) in [5.74, 6) is -3.52. The van der Waals surface area contributed by atoms with Crippen LogP contribution in [-0.4, -0.2) is 110 Å². The maximum absolute atomic E-state index is 13.0. The van der Waals surface area contributed by atoms with Crippen LogP contribution in [-0.2, 0) is 67.8 Å². The molecule has 6 rings (SSSR count). The van der Waals surface area contributed by atoms with Crippen molar-refractivity contribution in [2.75, 3.05) is 49.7 Å². The van der Waals surface area contributed by atoms with E-state index in [0.717, 1.165) is 24.3 Å². The Morgan fingerprint density at radius 2 is 1.24 bits per heavy atom. The number of phenols is 1. The number of halogens is 4. The zero-order valence-corrected chi connectivity index (χ0v) is 49.8. The number of nitrogens with one attached hydrogen (secondary N) is 4. The Hall–Kier alpha value is -5.29. The van der Waals surface area contributed by atoms with Gasteiger partial charge in [-0.3, -0.25) is 18.7 Å². The predicted molar refractivity (Wildman–Crippen MR) is 303 cm³/mol. The summed E-state index contributed by atoms with van der Waals surface area (Å²) in [6, 6.07) is 13.2. The van der Waals surface area contributed by atoms with E-state index in [-0.39, 0.29) is 113 Å². The van der Waals surface area contributed by atoms with Crippen LogP contribution in [0.5, 0.6) is 5.75 Å². The molecule has 440 valence electrons. The molecule has 1 heterocycles. The van der Waals surface area contributed by atoms with Gasteiger partial charge >= 0.3 is 0 Å². The zero-order chi connectivity index (χ0) is 59.9. The summed E-state index contributed by atoms with van der Waals surface area (Å²) in [6.45, 7) is 0. The van der Waals surface area contributed by atoms with Gasteiger partial charge in [0.1, 0.15) is 37.4 Å².